The van der Waals surface area contributed by atoms with Crippen LogP contribution in [0.25, 0.3) is 0 Å². The van der Waals surface area contributed by atoms with E-state index in [1.54, 1.807) is 13.8 Å². The third-order valence-corrected chi connectivity index (χ3v) is 5.57. The van der Waals surface area contributed by atoms with Crippen LogP contribution in [0.5, 0.6) is 0 Å². The second-order valence-corrected chi connectivity index (χ2v) is 7.40. The maximum absolute atomic E-state index is 12.6. The van der Waals surface area contributed by atoms with Crippen molar-refractivity contribution in [2.75, 3.05) is 20.3 Å². The number of aromatic carboxylic acids is 1. The molecule has 0 radical (unpaired) electrons. The van der Waals surface area contributed by atoms with Gasteiger partial charge >= 0.3 is 5.97 Å². The Labute approximate surface area is 124 Å². The Morgan fingerprint density at radius 3 is 2.62 bits per heavy atom. The molecule has 1 aliphatic heterocycles. The summed E-state index contributed by atoms with van der Waals surface area (Å²) in [5, 5.41) is 9.19. The molecule has 0 saturated carbocycles. The SMILES string of the molecule is CC(C)n1cc(S(=O)(=O)N(C)C2CCOC2)cc1C(=O)O. The van der Waals surface area contributed by atoms with Crippen LogP contribution >= 0.6 is 0 Å². The number of aromatic nitrogens is 1. The average molecular weight is 316 g/mol. The third-order valence-electron chi connectivity index (χ3n) is 3.70. The number of ether oxygens (including phenoxy) is 1. The fraction of sp³-hybridized carbons (Fsp3) is 0.615. The highest BCUT2D eigenvalue weighted by molar-refractivity contribution is 7.89. The highest BCUT2D eigenvalue weighted by atomic mass is 32.2. The number of hydrogen-bond acceptors (Lipinski definition) is 4. The maximum atomic E-state index is 12.6. The fourth-order valence-corrected chi connectivity index (χ4v) is 3.76. The number of carboxylic acid groups (broad SMARTS) is 1. The molecular formula is C13H20N2O5S. The summed E-state index contributed by atoms with van der Waals surface area (Å²) in [5.74, 6) is -1.14. The van der Waals surface area contributed by atoms with E-state index in [0.29, 0.717) is 19.6 Å². The summed E-state index contributed by atoms with van der Waals surface area (Å²) in [6.45, 7) is 4.51. The van der Waals surface area contributed by atoms with Crippen LogP contribution < -0.4 is 0 Å². The minimum absolute atomic E-state index is 0.00278. The van der Waals surface area contributed by atoms with E-state index in [4.69, 9.17) is 4.74 Å². The molecule has 1 saturated heterocycles. The Hall–Kier alpha value is -1.38. The summed E-state index contributed by atoms with van der Waals surface area (Å²) >= 11 is 0. The van der Waals surface area contributed by atoms with Crippen molar-refractivity contribution in [2.45, 2.75) is 37.2 Å². The minimum atomic E-state index is -3.72. The Bertz CT molecular complexity index is 629. The molecule has 0 spiro atoms. The second-order valence-electron chi connectivity index (χ2n) is 5.41. The van der Waals surface area contributed by atoms with Crippen molar-refractivity contribution >= 4 is 16.0 Å². The van der Waals surface area contributed by atoms with Crippen LogP contribution in [0.15, 0.2) is 17.2 Å². The summed E-state index contributed by atoms with van der Waals surface area (Å²) in [6, 6.07) is 0.870. The van der Waals surface area contributed by atoms with E-state index in [2.05, 4.69) is 0 Å². The van der Waals surface area contributed by atoms with Crippen molar-refractivity contribution in [1.82, 2.24) is 8.87 Å². The molecule has 8 heteroatoms. The lowest BCUT2D eigenvalue weighted by atomic mass is 10.3. The molecule has 1 atom stereocenters. The van der Waals surface area contributed by atoms with Crippen LogP contribution in [0.1, 0.15) is 36.8 Å². The monoisotopic (exact) mass is 316 g/mol. The normalized spacial score (nSPS) is 19.6. The molecule has 1 aliphatic rings. The first-order valence-electron chi connectivity index (χ1n) is 6.76. The molecule has 1 N–H and O–H groups in total. The Balaban J connectivity index is 2.40. The summed E-state index contributed by atoms with van der Waals surface area (Å²) in [4.78, 5) is 11.2. The molecule has 0 aromatic carbocycles. The van der Waals surface area contributed by atoms with E-state index in [0.717, 1.165) is 0 Å². The van der Waals surface area contributed by atoms with Crippen LogP contribution in [-0.2, 0) is 14.8 Å². The Morgan fingerprint density at radius 2 is 2.19 bits per heavy atom. The van der Waals surface area contributed by atoms with Crippen molar-refractivity contribution in [3.05, 3.63) is 18.0 Å². The number of carboxylic acids is 1. The third kappa shape index (κ3) is 2.97. The quantitative estimate of drug-likeness (QED) is 0.881. The molecule has 7 nitrogen and oxygen atoms in total. The number of likely N-dealkylation sites (N-methyl/N-ethyl adjacent to an activating group) is 1. The second kappa shape index (κ2) is 5.78. The van der Waals surface area contributed by atoms with E-state index >= 15 is 0 Å². The summed E-state index contributed by atoms with van der Waals surface area (Å²) in [6.07, 6.45) is 2.03. The molecule has 2 heterocycles. The van der Waals surface area contributed by atoms with E-state index in [1.807, 2.05) is 0 Å². The van der Waals surface area contributed by atoms with E-state index in [9.17, 15) is 18.3 Å². The van der Waals surface area contributed by atoms with Crippen LogP contribution in [0.2, 0.25) is 0 Å². The van der Waals surface area contributed by atoms with Gasteiger partial charge in [0.1, 0.15) is 10.6 Å². The molecule has 1 aromatic heterocycles. The van der Waals surface area contributed by atoms with E-state index in [1.165, 1.54) is 28.2 Å². The molecule has 1 unspecified atom stereocenters. The van der Waals surface area contributed by atoms with Gasteiger partial charge in [0.25, 0.3) is 0 Å². The van der Waals surface area contributed by atoms with Crippen LogP contribution in [0.3, 0.4) is 0 Å². The molecule has 1 aromatic rings. The summed E-state index contributed by atoms with van der Waals surface area (Å²) in [7, 11) is -2.22. The number of nitrogens with zero attached hydrogens (tertiary/aromatic N) is 2. The number of hydrogen-bond donors (Lipinski definition) is 1. The molecule has 0 bridgehead atoms. The van der Waals surface area contributed by atoms with Gasteiger partial charge in [-0.05, 0) is 26.3 Å². The summed E-state index contributed by atoms with van der Waals surface area (Å²) in [5.41, 5.74) is -0.0281. The van der Waals surface area contributed by atoms with E-state index in [-0.39, 0.29) is 22.7 Å². The highest BCUT2D eigenvalue weighted by Gasteiger charge is 2.32. The van der Waals surface area contributed by atoms with Crippen LogP contribution in [-0.4, -0.2) is 54.7 Å². The molecule has 2 rings (SSSR count). The Morgan fingerprint density at radius 1 is 1.52 bits per heavy atom. The molecular weight excluding hydrogens is 296 g/mol. The van der Waals surface area contributed by atoms with Crippen LogP contribution in [0.4, 0.5) is 0 Å². The first kappa shape index (κ1) is 16.0. The zero-order chi connectivity index (χ0) is 15.8. The van der Waals surface area contributed by atoms with Gasteiger partial charge in [0.2, 0.25) is 10.0 Å². The number of carbonyl (C=O) groups is 1. The van der Waals surface area contributed by atoms with Crippen molar-refractivity contribution in [1.29, 1.82) is 0 Å². The summed E-state index contributed by atoms with van der Waals surface area (Å²) < 4.78 is 33.1. The zero-order valence-electron chi connectivity index (χ0n) is 12.3. The topological polar surface area (TPSA) is 88.8 Å². The fourth-order valence-electron chi connectivity index (χ4n) is 2.37. The standard InChI is InChI=1S/C13H20N2O5S/c1-9(2)15-7-11(6-12(15)13(16)17)21(18,19)14(3)10-4-5-20-8-10/h6-7,9-10H,4-5,8H2,1-3H3,(H,16,17). The van der Waals surface area contributed by atoms with E-state index < -0.39 is 16.0 Å². The van der Waals surface area contributed by atoms with Gasteiger partial charge < -0.3 is 14.4 Å². The average Bonchev–Trinajstić information content (AvgIpc) is 3.07. The lowest BCUT2D eigenvalue weighted by Gasteiger charge is -2.21. The Kier molecular flexibility index (Phi) is 4.40. The van der Waals surface area contributed by atoms with Gasteiger partial charge in [0.05, 0.1) is 12.6 Å². The number of rotatable bonds is 5. The molecule has 0 amide bonds. The van der Waals surface area contributed by atoms with Gasteiger partial charge in [-0.2, -0.15) is 4.31 Å². The largest absolute Gasteiger partial charge is 0.477 e. The predicted octanol–water partition coefficient (Wildman–Crippen LogP) is 1.18. The number of sulfonamides is 1. The lowest BCUT2D eigenvalue weighted by Crippen LogP contribution is -2.37. The molecule has 21 heavy (non-hydrogen) atoms. The van der Waals surface area contributed by atoms with Crippen LogP contribution in [0, 0.1) is 0 Å². The van der Waals surface area contributed by atoms with Crippen molar-refractivity contribution in [3.63, 3.8) is 0 Å². The molecule has 0 aliphatic carbocycles. The smallest absolute Gasteiger partial charge is 0.352 e. The van der Waals surface area contributed by atoms with Gasteiger partial charge in [0, 0.05) is 25.9 Å². The minimum Gasteiger partial charge on any atom is -0.477 e. The highest BCUT2D eigenvalue weighted by Crippen LogP contribution is 2.24. The van der Waals surface area contributed by atoms with Crippen molar-refractivity contribution in [2.24, 2.45) is 0 Å². The molecule has 118 valence electrons. The first-order valence-corrected chi connectivity index (χ1v) is 8.20. The zero-order valence-corrected chi connectivity index (χ0v) is 13.1. The van der Waals surface area contributed by atoms with Gasteiger partial charge in [-0.3, -0.25) is 0 Å². The van der Waals surface area contributed by atoms with Gasteiger partial charge in [0.15, 0.2) is 0 Å². The van der Waals surface area contributed by atoms with Gasteiger partial charge in [-0.1, -0.05) is 0 Å². The van der Waals surface area contributed by atoms with Crippen molar-refractivity contribution < 1.29 is 23.1 Å². The van der Waals surface area contributed by atoms with Gasteiger partial charge in [-0.15, -0.1) is 0 Å². The lowest BCUT2D eigenvalue weighted by molar-refractivity contribution is 0.0683. The van der Waals surface area contributed by atoms with Crippen molar-refractivity contribution in [3.8, 4) is 0 Å². The van der Waals surface area contributed by atoms with Gasteiger partial charge in [-0.25, -0.2) is 13.2 Å². The maximum Gasteiger partial charge on any atom is 0.352 e. The predicted molar refractivity (Wildman–Crippen MR) is 75.9 cm³/mol. The first-order chi connectivity index (χ1) is 9.75. The molecule has 1 fully saturated rings.